The Hall–Kier alpha value is -7.16. The molecule has 5 aromatic rings. The fourth-order valence-corrected chi connectivity index (χ4v) is 9.16. The third kappa shape index (κ3) is 22.2. The number of benzene rings is 5. The van der Waals surface area contributed by atoms with Crippen molar-refractivity contribution in [1.82, 2.24) is 0 Å². The van der Waals surface area contributed by atoms with E-state index in [9.17, 15) is 9.59 Å². The SMILES string of the molecule is CCCCCCCCCCCCCCCCCCOC(=O)C(C)(CC)CC(C)(C)C(=O)OCCN(CC)c1ccc(N=Nc2cc(OC)c(N=Nc3ccc(N=Nc4ccc(N=Nc5ccccc5)cc4)cc3)cc2OC)cc1. The van der Waals surface area contributed by atoms with Gasteiger partial charge >= 0.3 is 11.9 Å². The van der Waals surface area contributed by atoms with Gasteiger partial charge in [0.2, 0.25) is 0 Å². The Labute approximate surface area is 470 Å². The van der Waals surface area contributed by atoms with Gasteiger partial charge in [-0.15, -0.1) is 10.2 Å². The second-order valence-corrected chi connectivity index (χ2v) is 21.0. The number of methoxy groups -OCH3 is 2. The number of esters is 2. The van der Waals surface area contributed by atoms with Crippen molar-refractivity contribution in [2.45, 2.75) is 157 Å². The summed E-state index contributed by atoms with van der Waals surface area (Å²) in [4.78, 5) is 29.0. The molecule has 0 aliphatic carbocycles. The van der Waals surface area contributed by atoms with Gasteiger partial charge in [0.25, 0.3) is 0 Å². The molecule has 0 bridgehead atoms. The van der Waals surface area contributed by atoms with Gasteiger partial charge in [0.05, 0.1) is 72.3 Å². The first kappa shape index (κ1) is 62.7. The summed E-state index contributed by atoms with van der Waals surface area (Å²) in [7, 11) is 3.10. The third-order valence-corrected chi connectivity index (χ3v) is 14.1. The van der Waals surface area contributed by atoms with Crippen LogP contribution in [-0.2, 0) is 19.1 Å². The molecule has 79 heavy (non-hydrogen) atoms. The zero-order chi connectivity index (χ0) is 56.6. The second kappa shape index (κ2) is 34.7. The van der Waals surface area contributed by atoms with E-state index in [1.54, 1.807) is 50.6 Å². The molecular weight excluding hydrogens is 991 g/mol. The van der Waals surface area contributed by atoms with Crippen LogP contribution in [0.25, 0.3) is 0 Å². The molecule has 15 heteroatoms. The summed E-state index contributed by atoms with van der Waals surface area (Å²) in [5, 5.41) is 35.0. The van der Waals surface area contributed by atoms with Gasteiger partial charge in [0.1, 0.15) is 29.5 Å². The van der Waals surface area contributed by atoms with E-state index in [0.29, 0.717) is 83.8 Å². The van der Waals surface area contributed by atoms with Crippen molar-refractivity contribution in [3.8, 4) is 11.5 Å². The fourth-order valence-electron chi connectivity index (χ4n) is 9.16. The van der Waals surface area contributed by atoms with E-state index in [2.05, 4.69) is 59.7 Å². The van der Waals surface area contributed by atoms with E-state index >= 15 is 0 Å². The van der Waals surface area contributed by atoms with E-state index in [4.69, 9.17) is 18.9 Å². The van der Waals surface area contributed by atoms with E-state index < -0.39 is 10.8 Å². The summed E-state index contributed by atoms with van der Waals surface area (Å²) < 4.78 is 23.0. The highest BCUT2D eigenvalue weighted by Crippen LogP contribution is 2.42. The molecule has 5 aromatic carbocycles. The fraction of sp³-hybridized carbons (Fsp3) is 0.500. The number of nitrogens with zero attached hydrogens (tertiary/aromatic N) is 9. The van der Waals surface area contributed by atoms with Crippen LogP contribution in [0.5, 0.6) is 11.5 Å². The molecule has 0 aliphatic rings. The lowest BCUT2D eigenvalue weighted by molar-refractivity contribution is -0.163. The number of carbonyl (C=O) groups excluding carboxylic acids is 2. The van der Waals surface area contributed by atoms with Gasteiger partial charge in [-0.2, -0.15) is 30.7 Å². The van der Waals surface area contributed by atoms with Crippen molar-refractivity contribution in [3.05, 3.63) is 115 Å². The maximum Gasteiger partial charge on any atom is 0.311 e. The van der Waals surface area contributed by atoms with Crippen LogP contribution in [0.1, 0.15) is 157 Å². The summed E-state index contributed by atoms with van der Waals surface area (Å²) in [6.45, 7) is 13.7. The molecule has 0 amide bonds. The van der Waals surface area contributed by atoms with Crippen LogP contribution in [0.15, 0.2) is 156 Å². The zero-order valence-electron chi connectivity index (χ0n) is 48.5. The number of anilines is 1. The molecule has 1 atom stereocenters. The maximum absolute atomic E-state index is 13.5. The van der Waals surface area contributed by atoms with Gasteiger partial charge in [-0.1, -0.05) is 128 Å². The van der Waals surface area contributed by atoms with Crippen molar-refractivity contribution in [1.29, 1.82) is 0 Å². The van der Waals surface area contributed by atoms with Crippen molar-refractivity contribution < 1.29 is 28.5 Å². The highest BCUT2D eigenvalue weighted by atomic mass is 16.5. The smallest absolute Gasteiger partial charge is 0.311 e. The Kier molecular flexibility index (Phi) is 27.5. The Morgan fingerprint density at radius 1 is 0.443 bits per heavy atom. The highest BCUT2D eigenvalue weighted by Gasteiger charge is 2.43. The van der Waals surface area contributed by atoms with Crippen LogP contribution < -0.4 is 14.4 Å². The molecule has 424 valence electrons. The standard InChI is InChI=1S/C64H87N9O6/c1-9-12-13-14-15-16-17-18-19-20-21-22-23-24-25-29-45-78-62(75)64(6,10-2)49-63(4,5)61(74)79-46-44-73(11-3)56-42-40-55(41-43-56)70-72-58-48-59(76-7)57(47-60(58)77-8)71-69-54-38-36-53(37-39-54)68-67-52-34-32-51(33-35-52)66-65-50-30-27-26-28-31-50/h26-28,30-43,47-48H,9-25,29,44-46,49H2,1-8H3. The minimum absolute atomic E-state index is 0.197. The molecule has 0 saturated carbocycles. The van der Waals surface area contributed by atoms with Crippen LogP contribution in [0.3, 0.4) is 0 Å². The average Bonchev–Trinajstić information content (AvgIpc) is 3.48. The topological polar surface area (TPSA) is 173 Å². The van der Waals surface area contributed by atoms with Crippen LogP contribution >= 0.6 is 0 Å². The quantitative estimate of drug-likeness (QED) is 0.0216. The number of ether oxygens (including phenoxy) is 4. The number of rotatable bonds is 37. The minimum Gasteiger partial charge on any atom is -0.494 e. The van der Waals surface area contributed by atoms with E-state index in [1.165, 1.54) is 89.9 Å². The monoisotopic (exact) mass is 1080 g/mol. The number of likely N-dealkylation sites (N-methyl/N-ethyl adjacent to an activating group) is 1. The minimum atomic E-state index is -0.879. The van der Waals surface area contributed by atoms with E-state index in [1.807, 2.05) is 107 Å². The summed E-state index contributed by atoms with van der Waals surface area (Å²) in [6, 6.07) is 35.2. The zero-order valence-corrected chi connectivity index (χ0v) is 48.5. The summed E-state index contributed by atoms with van der Waals surface area (Å²) in [6.07, 6.45) is 21.7. The van der Waals surface area contributed by atoms with Crippen LogP contribution in [0.2, 0.25) is 0 Å². The van der Waals surface area contributed by atoms with Crippen molar-refractivity contribution in [2.75, 3.05) is 45.4 Å². The maximum atomic E-state index is 13.5. The summed E-state index contributed by atoms with van der Waals surface area (Å²) >= 11 is 0. The largest absolute Gasteiger partial charge is 0.494 e. The Morgan fingerprint density at radius 2 is 0.810 bits per heavy atom. The Bertz CT molecular complexity index is 2680. The molecule has 15 nitrogen and oxygen atoms in total. The van der Waals surface area contributed by atoms with Crippen LogP contribution in [-0.4, -0.2) is 52.5 Å². The molecule has 0 fully saturated rings. The van der Waals surface area contributed by atoms with Crippen LogP contribution in [0.4, 0.5) is 51.2 Å². The van der Waals surface area contributed by atoms with Crippen molar-refractivity contribution in [3.63, 3.8) is 0 Å². The average molecular weight is 1080 g/mol. The lowest BCUT2D eigenvalue weighted by Crippen LogP contribution is -2.39. The molecule has 0 aromatic heterocycles. The number of hydrogen-bond acceptors (Lipinski definition) is 15. The predicted molar refractivity (Wildman–Crippen MR) is 318 cm³/mol. The number of unbranched alkanes of at least 4 members (excludes halogenated alkanes) is 15. The van der Waals surface area contributed by atoms with Gasteiger partial charge in [-0.3, -0.25) is 9.59 Å². The first-order chi connectivity index (χ1) is 38.4. The van der Waals surface area contributed by atoms with Gasteiger partial charge < -0.3 is 23.8 Å². The van der Waals surface area contributed by atoms with Crippen molar-refractivity contribution >= 4 is 63.1 Å². The lowest BCUT2D eigenvalue weighted by Gasteiger charge is -2.34. The molecule has 5 rings (SSSR count). The first-order valence-corrected chi connectivity index (χ1v) is 28.8. The van der Waals surface area contributed by atoms with Gasteiger partial charge in [-0.05, 0) is 132 Å². The lowest BCUT2D eigenvalue weighted by atomic mass is 9.72. The van der Waals surface area contributed by atoms with E-state index in [0.717, 1.165) is 24.2 Å². The summed E-state index contributed by atoms with van der Waals surface area (Å²) in [5.74, 6) is 0.304. The molecule has 1 unspecified atom stereocenters. The summed E-state index contributed by atoms with van der Waals surface area (Å²) in [5.41, 5.74) is 4.23. The van der Waals surface area contributed by atoms with Crippen molar-refractivity contribution in [2.24, 2.45) is 51.7 Å². The van der Waals surface area contributed by atoms with Gasteiger partial charge in [0.15, 0.2) is 0 Å². The molecular formula is C64H87N9O6. The number of hydrogen-bond donors (Lipinski definition) is 0. The molecule has 0 N–H and O–H groups in total. The molecule has 0 radical (unpaired) electrons. The first-order valence-electron chi connectivity index (χ1n) is 28.8. The molecule has 0 spiro atoms. The van der Waals surface area contributed by atoms with Gasteiger partial charge in [0, 0.05) is 24.4 Å². The third-order valence-electron chi connectivity index (χ3n) is 14.1. The number of azo groups is 4. The molecule has 0 heterocycles. The molecule has 0 aliphatic heterocycles. The number of carbonyl (C=O) groups is 2. The normalized spacial score (nSPS) is 12.7. The second-order valence-electron chi connectivity index (χ2n) is 21.0. The Balaban J connectivity index is 1.02. The molecule has 0 saturated heterocycles. The highest BCUT2D eigenvalue weighted by molar-refractivity contribution is 5.80. The Morgan fingerprint density at radius 3 is 1.20 bits per heavy atom. The predicted octanol–water partition coefficient (Wildman–Crippen LogP) is 20.4. The van der Waals surface area contributed by atoms with E-state index in [-0.39, 0.29) is 18.5 Å². The van der Waals surface area contributed by atoms with Gasteiger partial charge in [-0.25, -0.2) is 0 Å². The van der Waals surface area contributed by atoms with Crippen LogP contribution in [0, 0.1) is 10.8 Å².